The van der Waals surface area contributed by atoms with Gasteiger partial charge in [-0.2, -0.15) is 17.0 Å². The molecule has 25 heavy (non-hydrogen) atoms. The first-order valence-corrected chi connectivity index (χ1v) is 11.4. The molecule has 5 nitrogen and oxygen atoms in total. The Morgan fingerprint density at radius 3 is 2.52 bits per heavy atom. The summed E-state index contributed by atoms with van der Waals surface area (Å²) >= 11 is 1.64. The van der Waals surface area contributed by atoms with Gasteiger partial charge in [-0.25, -0.2) is 4.98 Å². The van der Waals surface area contributed by atoms with Crippen molar-refractivity contribution in [1.82, 2.24) is 13.6 Å². The number of fused-ring (bicyclic) bond motifs is 1. The highest BCUT2D eigenvalue weighted by atomic mass is 32.2. The molecule has 3 heterocycles. The van der Waals surface area contributed by atoms with E-state index in [2.05, 4.69) is 6.07 Å². The van der Waals surface area contributed by atoms with Crippen molar-refractivity contribution in [3.8, 4) is 0 Å². The van der Waals surface area contributed by atoms with Gasteiger partial charge in [0, 0.05) is 19.1 Å². The van der Waals surface area contributed by atoms with Crippen LogP contribution in [-0.2, 0) is 10.2 Å². The minimum atomic E-state index is -3.44. The molecule has 0 N–H and O–H groups in total. The van der Waals surface area contributed by atoms with E-state index in [1.165, 1.54) is 0 Å². The molecule has 0 spiro atoms. The van der Waals surface area contributed by atoms with Crippen LogP contribution < -0.4 is 0 Å². The summed E-state index contributed by atoms with van der Waals surface area (Å²) in [5.74, 6) is 0. The van der Waals surface area contributed by atoms with Gasteiger partial charge in [-0.05, 0) is 44.7 Å². The van der Waals surface area contributed by atoms with Crippen LogP contribution in [0.2, 0.25) is 0 Å². The summed E-state index contributed by atoms with van der Waals surface area (Å²) in [6.45, 7) is 3.28. The molecule has 1 aromatic heterocycles. The minimum Gasteiger partial charge on any atom is -0.239 e. The molecule has 2 saturated heterocycles. The Bertz CT molecular complexity index is 816. The fourth-order valence-corrected chi connectivity index (χ4v) is 7.27. The molecule has 0 amide bonds. The maximum Gasteiger partial charge on any atom is 0.282 e. The molecule has 2 aliphatic heterocycles. The number of thiazole rings is 1. The summed E-state index contributed by atoms with van der Waals surface area (Å²) in [5, 5.41) is 0.939. The lowest BCUT2D eigenvalue weighted by Gasteiger charge is -2.40. The normalized spacial score (nSPS) is 26.9. The highest BCUT2D eigenvalue weighted by Crippen LogP contribution is 2.38. The van der Waals surface area contributed by atoms with Crippen molar-refractivity contribution in [1.29, 1.82) is 0 Å². The molecule has 0 unspecified atom stereocenters. The predicted octanol–water partition coefficient (Wildman–Crippen LogP) is 3.94. The zero-order valence-electron chi connectivity index (χ0n) is 14.6. The first-order chi connectivity index (χ1) is 12.1. The van der Waals surface area contributed by atoms with Crippen molar-refractivity contribution in [2.75, 3.05) is 13.1 Å². The van der Waals surface area contributed by atoms with Gasteiger partial charge < -0.3 is 0 Å². The molecule has 0 saturated carbocycles. The van der Waals surface area contributed by atoms with Crippen LogP contribution in [0.15, 0.2) is 24.3 Å². The van der Waals surface area contributed by atoms with Crippen LogP contribution in [0.5, 0.6) is 0 Å². The number of benzene rings is 1. The van der Waals surface area contributed by atoms with E-state index >= 15 is 0 Å². The monoisotopic (exact) mass is 379 g/mol. The van der Waals surface area contributed by atoms with Crippen LogP contribution in [-0.4, -0.2) is 41.1 Å². The van der Waals surface area contributed by atoms with Crippen molar-refractivity contribution >= 4 is 31.8 Å². The number of rotatable bonds is 3. The van der Waals surface area contributed by atoms with Crippen LogP contribution in [0.25, 0.3) is 10.2 Å². The van der Waals surface area contributed by atoms with Gasteiger partial charge in [-0.1, -0.05) is 25.0 Å². The molecule has 7 heteroatoms. The van der Waals surface area contributed by atoms with E-state index in [1.54, 1.807) is 19.9 Å². The van der Waals surface area contributed by atoms with Gasteiger partial charge in [-0.3, -0.25) is 0 Å². The minimum absolute atomic E-state index is 0.0942. The van der Waals surface area contributed by atoms with Crippen LogP contribution >= 0.6 is 11.3 Å². The van der Waals surface area contributed by atoms with Crippen molar-refractivity contribution in [3.63, 3.8) is 0 Å². The van der Waals surface area contributed by atoms with E-state index < -0.39 is 10.2 Å². The quantitative estimate of drug-likeness (QED) is 0.811. The number of para-hydroxylation sites is 1. The second kappa shape index (κ2) is 6.95. The van der Waals surface area contributed by atoms with Crippen molar-refractivity contribution in [3.05, 3.63) is 29.3 Å². The van der Waals surface area contributed by atoms with E-state index in [4.69, 9.17) is 4.98 Å². The Morgan fingerprint density at radius 2 is 1.76 bits per heavy atom. The van der Waals surface area contributed by atoms with Gasteiger partial charge >= 0.3 is 0 Å². The Balaban J connectivity index is 1.68. The smallest absolute Gasteiger partial charge is 0.239 e. The molecular weight excluding hydrogens is 354 g/mol. The molecule has 2 aromatic rings. The molecular formula is C18H25N3O2S2. The van der Waals surface area contributed by atoms with Crippen LogP contribution in [0, 0.1) is 0 Å². The van der Waals surface area contributed by atoms with Gasteiger partial charge in [0.1, 0.15) is 5.01 Å². The third-order valence-electron chi connectivity index (χ3n) is 5.38. The fourth-order valence-electron chi connectivity index (χ4n) is 4.01. The van der Waals surface area contributed by atoms with Crippen molar-refractivity contribution < 1.29 is 8.42 Å². The number of piperidine rings is 2. The van der Waals surface area contributed by atoms with Gasteiger partial charge in [0.15, 0.2) is 0 Å². The highest BCUT2D eigenvalue weighted by Gasteiger charge is 2.40. The lowest BCUT2D eigenvalue weighted by molar-refractivity contribution is 0.203. The molecule has 2 fully saturated rings. The Hall–Kier alpha value is -1.02. The summed E-state index contributed by atoms with van der Waals surface area (Å²) in [4.78, 5) is 4.76. The topological polar surface area (TPSA) is 53.5 Å². The SMILES string of the molecule is C[C@H]1CCCCN1S(=O)(=O)N1CCCC[C@@H]1c1nc2ccccc2s1. The van der Waals surface area contributed by atoms with Crippen LogP contribution in [0.1, 0.15) is 56.5 Å². The van der Waals surface area contributed by atoms with Gasteiger partial charge in [0.25, 0.3) is 10.2 Å². The van der Waals surface area contributed by atoms with Gasteiger partial charge in [-0.15, -0.1) is 11.3 Å². The molecule has 2 aliphatic rings. The summed E-state index contributed by atoms with van der Waals surface area (Å²) in [7, 11) is -3.44. The van der Waals surface area contributed by atoms with Crippen LogP contribution in [0.4, 0.5) is 0 Å². The van der Waals surface area contributed by atoms with E-state index in [9.17, 15) is 8.42 Å². The fraction of sp³-hybridized carbons (Fsp3) is 0.611. The number of hydrogen-bond donors (Lipinski definition) is 0. The van der Waals surface area contributed by atoms with E-state index in [0.29, 0.717) is 13.1 Å². The lowest BCUT2D eigenvalue weighted by Crippen LogP contribution is -2.51. The summed E-state index contributed by atoms with van der Waals surface area (Å²) in [5.41, 5.74) is 0.969. The molecule has 0 bridgehead atoms. The van der Waals surface area contributed by atoms with E-state index in [-0.39, 0.29) is 12.1 Å². The van der Waals surface area contributed by atoms with Crippen molar-refractivity contribution in [2.45, 2.75) is 57.5 Å². The Labute approximate surface area is 153 Å². The molecule has 0 aliphatic carbocycles. The Morgan fingerprint density at radius 1 is 1.04 bits per heavy atom. The predicted molar refractivity (Wildman–Crippen MR) is 102 cm³/mol. The maximum atomic E-state index is 13.4. The second-order valence-corrected chi connectivity index (χ2v) is 10.0. The summed E-state index contributed by atoms with van der Waals surface area (Å²) in [6, 6.07) is 8.03. The third kappa shape index (κ3) is 3.23. The molecule has 136 valence electrons. The first kappa shape index (κ1) is 17.4. The molecule has 1 aromatic carbocycles. The van der Waals surface area contributed by atoms with Gasteiger partial charge in [0.2, 0.25) is 0 Å². The zero-order valence-corrected chi connectivity index (χ0v) is 16.2. The molecule has 0 radical (unpaired) electrons. The average Bonchev–Trinajstić information content (AvgIpc) is 3.06. The van der Waals surface area contributed by atoms with Gasteiger partial charge in [0.05, 0.1) is 16.3 Å². The maximum absolute atomic E-state index is 13.4. The molecule has 2 atom stereocenters. The van der Waals surface area contributed by atoms with E-state index in [0.717, 1.165) is 53.7 Å². The highest BCUT2D eigenvalue weighted by molar-refractivity contribution is 7.86. The number of nitrogens with zero attached hydrogens (tertiary/aromatic N) is 3. The standard InChI is InChI=1S/C18H25N3O2S2/c1-14-8-4-6-12-20(14)25(22,23)21-13-7-5-10-16(21)18-19-15-9-2-3-11-17(15)24-18/h2-3,9,11,14,16H,4-8,10,12-13H2,1H3/t14-,16+/m0/s1. The number of aromatic nitrogens is 1. The van der Waals surface area contributed by atoms with E-state index in [1.807, 2.05) is 25.1 Å². The summed E-state index contributed by atoms with van der Waals surface area (Å²) in [6.07, 6.45) is 5.89. The van der Waals surface area contributed by atoms with Crippen LogP contribution in [0.3, 0.4) is 0 Å². The lowest BCUT2D eigenvalue weighted by atomic mass is 10.1. The second-order valence-electron chi connectivity index (χ2n) is 7.11. The molecule has 4 rings (SSSR count). The summed E-state index contributed by atoms with van der Waals surface area (Å²) < 4.78 is 31.3. The van der Waals surface area contributed by atoms with Crippen molar-refractivity contribution in [2.24, 2.45) is 0 Å². The number of hydrogen-bond acceptors (Lipinski definition) is 4. The first-order valence-electron chi connectivity index (χ1n) is 9.21. The zero-order chi connectivity index (χ0) is 17.4. The largest absolute Gasteiger partial charge is 0.282 e. The Kier molecular flexibility index (Phi) is 4.83. The third-order valence-corrected chi connectivity index (χ3v) is 8.69. The average molecular weight is 380 g/mol.